The van der Waals surface area contributed by atoms with E-state index in [4.69, 9.17) is 14.3 Å². The first-order chi connectivity index (χ1) is 16.0. The molecule has 0 aromatic heterocycles. The van der Waals surface area contributed by atoms with Gasteiger partial charge in [-0.25, -0.2) is 0 Å². The predicted octanol–water partition coefficient (Wildman–Crippen LogP) is 3.89. The Morgan fingerprint density at radius 1 is 1.03 bits per heavy atom. The molecule has 0 saturated carbocycles. The fraction of sp³-hybridized carbons (Fsp3) is 0.423. The van der Waals surface area contributed by atoms with E-state index >= 15 is 0 Å². The van der Waals surface area contributed by atoms with E-state index in [1.54, 1.807) is 20.1 Å². The van der Waals surface area contributed by atoms with Crippen molar-refractivity contribution >= 4 is 17.4 Å². The maximum Gasteiger partial charge on any atom is 0.273 e. The number of hydrogen-bond acceptors (Lipinski definition) is 6. The number of nitrogens with zero attached hydrogens (tertiary/aromatic N) is 1. The average molecular weight is 455 g/mol. The standard InChI is InChI=1S/C26H32N2O5.H2/c1-4-22(29)17-33-23-12-9-18(15-24(23)31-2)13-14-27-26(30)25(28-32-3)21-11-10-19-7-5-6-8-20(19)16-21;/h9-12,15-16H,4-8,13-14,17H2,1-3H3,(H,27,30);1H/b28-25-;. The van der Waals surface area contributed by atoms with Crippen LogP contribution in [-0.4, -0.2) is 44.8 Å². The zero-order valence-electron chi connectivity index (χ0n) is 19.6. The Balaban J connectivity index is 0.00000408. The number of carbonyl (C=O) groups excluding carboxylic acids is 2. The van der Waals surface area contributed by atoms with E-state index < -0.39 is 0 Å². The number of ketones is 1. The molecule has 1 aliphatic carbocycles. The van der Waals surface area contributed by atoms with Crippen molar-refractivity contribution in [3.8, 4) is 11.5 Å². The van der Waals surface area contributed by atoms with Crippen molar-refractivity contribution in [2.24, 2.45) is 5.16 Å². The molecule has 0 saturated heterocycles. The molecule has 33 heavy (non-hydrogen) atoms. The molecule has 0 aliphatic heterocycles. The summed E-state index contributed by atoms with van der Waals surface area (Å²) in [6, 6.07) is 11.6. The third-order valence-corrected chi connectivity index (χ3v) is 5.73. The number of nitrogens with one attached hydrogen (secondary N) is 1. The molecule has 0 unspecified atom stereocenters. The number of benzene rings is 2. The van der Waals surface area contributed by atoms with Crippen molar-refractivity contribution in [3.05, 3.63) is 58.7 Å². The quantitative estimate of drug-likeness (QED) is 0.411. The van der Waals surface area contributed by atoms with Crippen molar-refractivity contribution in [1.29, 1.82) is 0 Å². The molecule has 1 N–H and O–H groups in total. The number of hydrogen-bond donors (Lipinski definition) is 1. The average Bonchev–Trinajstić information content (AvgIpc) is 2.85. The molecule has 0 bridgehead atoms. The van der Waals surface area contributed by atoms with E-state index in [1.807, 2.05) is 18.2 Å². The molecule has 0 heterocycles. The van der Waals surface area contributed by atoms with Crippen molar-refractivity contribution in [3.63, 3.8) is 0 Å². The van der Waals surface area contributed by atoms with Gasteiger partial charge in [0.15, 0.2) is 23.0 Å². The molecule has 0 spiro atoms. The second-order valence-electron chi connectivity index (χ2n) is 7.99. The minimum atomic E-state index is -0.280. The number of fused-ring (bicyclic) bond motifs is 1. The number of ether oxygens (including phenoxy) is 2. The Kier molecular flexibility index (Phi) is 8.87. The van der Waals surface area contributed by atoms with Gasteiger partial charge < -0.3 is 19.6 Å². The van der Waals surface area contributed by atoms with Gasteiger partial charge in [-0.15, -0.1) is 0 Å². The zero-order chi connectivity index (χ0) is 23.6. The fourth-order valence-corrected chi connectivity index (χ4v) is 3.85. The van der Waals surface area contributed by atoms with E-state index in [-0.39, 0.29) is 25.4 Å². The maximum atomic E-state index is 12.8. The summed E-state index contributed by atoms with van der Waals surface area (Å²) >= 11 is 0. The van der Waals surface area contributed by atoms with Crippen LogP contribution in [0.4, 0.5) is 0 Å². The van der Waals surface area contributed by atoms with Gasteiger partial charge in [0.2, 0.25) is 0 Å². The van der Waals surface area contributed by atoms with Gasteiger partial charge in [-0.05, 0) is 67.0 Å². The molecule has 0 fully saturated rings. The van der Waals surface area contributed by atoms with Gasteiger partial charge >= 0.3 is 0 Å². The minimum absolute atomic E-state index is 0. The third kappa shape index (κ3) is 6.57. The monoisotopic (exact) mass is 454 g/mol. The summed E-state index contributed by atoms with van der Waals surface area (Å²) in [5, 5.41) is 6.92. The maximum absolute atomic E-state index is 12.8. The van der Waals surface area contributed by atoms with E-state index in [1.165, 1.54) is 31.1 Å². The summed E-state index contributed by atoms with van der Waals surface area (Å²) in [4.78, 5) is 29.3. The summed E-state index contributed by atoms with van der Waals surface area (Å²) < 4.78 is 10.9. The topological polar surface area (TPSA) is 86.2 Å². The van der Waals surface area contributed by atoms with Crippen molar-refractivity contribution < 1.29 is 25.3 Å². The zero-order valence-corrected chi connectivity index (χ0v) is 19.6. The molecule has 0 radical (unpaired) electrons. The van der Waals surface area contributed by atoms with E-state index in [0.717, 1.165) is 24.0 Å². The minimum Gasteiger partial charge on any atom is -0.493 e. The summed E-state index contributed by atoms with van der Waals surface area (Å²) in [5.41, 5.74) is 4.64. The van der Waals surface area contributed by atoms with Crippen molar-refractivity contribution in [2.75, 3.05) is 27.4 Å². The highest BCUT2D eigenvalue weighted by Gasteiger charge is 2.18. The molecule has 0 atom stereocenters. The molecular weight excluding hydrogens is 420 g/mol. The van der Waals surface area contributed by atoms with Gasteiger partial charge in [-0.3, -0.25) is 9.59 Å². The lowest BCUT2D eigenvalue weighted by Crippen LogP contribution is -2.33. The van der Waals surface area contributed by atoms with Gasteiger partial charge in [0.1, 0.15) is 13.7 Å². The first-order valence-corrected chi connectivity index (χ1v) is 11.4. The van der Waals surface area contributed by atoms with Gasteiger partial charge in [0.05, 0.1) is 7.11 Å². The van der Waals surface area contributed by atoms with Gasteiger partial charge in [-0.2, -0.15) is 0 Å². The Hall–Kier alpha value is -3.35. The number of amides is 1. The van der Waals surface area contributed by atoms with E-state index in [2.05, 4.69) is 22.6 Å². The molecule has 7 heteroatoms. The van der Waals surface area contributed by atoms with Crippen LogP contribution in [0.15, 0.2) is 41.6 Å². The Labute approximate surface area is 196 Å². The first-order valence-electron chi connectivity index (χ1n) is 11.4. The van der Waals surface area contributed by atoms with Gasteiger partial charge in [0, 0.05) is 20.0 Å². The van der Waals surface area contributed by atoms with Crippen LogP contribution in [0.25, 0.3) is 0 Å². The number of carbonyl (C=O) groups is 2. The smallest absolute Gasteiger partial charge is 0.273 e. The second-order valence-corrected chi connectivity index (χ2v) is 7.99. The molecule has 1 aliphatic rings. The summed E-state index contributed by atoms with van der Waals surface area (Å²) in [7, 11) is 3.00. The number of rotatable bonds is 11. The Morgan fingerprint density at radius 3 is 2.55 bits per heavy atom. The van der Waals surface area contributed by atoms with Crippen LogP contribution in [0.2, 0.25) is 0 Å². The number of methoxy groups -OCH3 is 1. The lowest BCUT2D eigenvalue weighted by Gasteiger charge is -2.17. The van der Waals surface area contributed by atoms with Crippen LogP contribution in [0.1, 0.15) is 49.9 Å². The van der Waals surface area contributed by atoms with Crippen LogP contribution in [0.3, 0.4) is 0 Å². The Morgan fingerprint density at radius 2 is 1.82 bits per heavy atom. The van der Waals surface area contributed by atoms with Gasteiger partial charge in [0.25, 0.3) is 5.91 Å². The largest absolute Gasteiger partial charge is 0.493 e. The molecule has 2 aromatic rings. The highest BCUT2D eigenvalue weighted by atomic mass is 16.6. The lowest BCUT2D eigenvalue weighted by atomic mass is 9.89. The van der Waals surface area contributed by atoms with E-state index in [0.29, 0.717) is 30.9 Å². The fourth-order valence-electron chi connectivity index (χ4n) is 3.85. The van der Waals surface area contributed by atoms with Crippen LogP contribution in [0, 0.1) is 0 Å². The third-order valence-electron chi connectivity index (χ3n) is 5.73. The molecule has 178 valence electrons. The number of oxime groups is 1. The number of Topliss-reactive ketones (excluding diaryl/α,β-unsaturated/α-hetero) is 1. The van der Waals surface area contributed by atoms with Crippen molar-refractivity contribution in [2.45, 2.75) is 45.4 Å². The first kappa shape index (κ1) is 24.3. The highest BCUT2D eigenvalue weighted by Crippen LogP contribution is 2.28. The summed E-state index contributed by atoms with van der Waals surface area (Å²) in [5.74, 6) is 0.821. The highest BCUT2D eigenvalue weighted by molar-refractivity contribution is 6.45. The molecule has 2 aromatic carbocycles. The summed E-state index contributed by atoms with van der Waals surface area (Å²) in [6.07, 6.45) is 5.52. The molecule has 7 nitrogen and oxygen atoms in total. The normalized spacial score (nSPS) is 13.1. The predicted molar refractivity (Wildman–Crippen MR) is 129 cm³/mol. The molecule has 3 rings (SSSR count). The molecular formula is C26H34N2O5. The van der Waals surface area contributed by atoms with Crippen LogP contribution >= 0.6 is 0 Å². The molecule has 1 amide bonds. The van der Waals surface area contributed by atoms with Crippen LogP contribution < -0.4 is 14.8 Å². The second kappa shape index (κ2) is 12.0. The van der Waals surface area contributed by atoms with Crippen molar-refractivity contribution in [1.82, 2.24) is 5.32 Å². The Bertz CT molecular complexity index is 1020. The number of aryl methyl sites for hydroxylation is 2. The van der Waals surface area contributed by atoms with Gasteiger partial charge in [-0.1, -0.05) is 30.3 Å². The lowest BCUT2D eigenvalue weighted by molar-refractivity contribution is -0.120. The van der Waals surface area contributed by atoms with Crippen LogP contribution in [0.5, 0.6) is 11.5 Å². The SMILES string of the molecule is CCC(=O)COc1ccc(CCNC(=O)/C(=N\OC)c2ccc3c(c2)CCCC3)cc1OC.[HH]. The van der Waals surface area contributed by atoms with Crippen LogP contribution in [-0.2, 0) is 33.7 Å². The van der Waals surface area contributed by atoms with E-state index in [9.17, 15) is 9.59 Å². The summed E-state index contributed by atoms with van der Waals surface area (Å²) in [6.45, 7) is 2.24.